The molecule has 1 aromatic carbocycles. The monoisotopic (exact) mass is 324 g/mol. The van der Waals surface area contributed by atoms with E-state index < -0.39 is 0 Å². The highest BCUT2D eigenvalue weighted by Gasteiger charge is 2.08. The van der Waals surface area contributed by atoms with Crippen molar-refractivity contribution in [3.8, 4) is 5.75 Å². The molecule has 0 aliphatic rings. The Morgan fingerprint density at radius 3 is 2.36 bits per heavy atom. The summed E-state index contributed by atoms with van der Waals surface area (Å²) >= 11 is 0. The van der Waals surface area contributed by atoms with E-state index in [1.54, 1.807) is 12.1 Å². The molecule has 122 valence electrons. The second-order valence-corrected chi connectivity index (χ2v) is 5.45. The Balaban J connectivity index is 0.00000242. The smallest absolute Gasteiger partial charge is 0.248 e. The summed E-state index contributed by atoms with van der Waals surface area (Å²) in [5.74, 6) is 0.130. The van der Waals surface area contributed by atoms with Crippen LogP contribution in [0.3, 0.4) is 0 Å². The highest BCUT2D eigenvalue weighted by atomic mass is 35.5. The molecule has 0 saturated heterocycles. The van der Waals surface area contributed by atoms with Crippen molar-refractivity contribution in [2.45, 2.75) is 33.1 Å². The highest BCUT2D eigenvalue weighted by Crippen LogP contribution is 2.25. The van der Waals surface area contributed by atoms with Crippen LogP contribution in [0.2, 0.25) is 0 Å². The quantitative estimate of drug-likeness (QED) is 0.821. The first-order valence-corrected chi connectivity index (χ1v) is 7.72. The third-order valence-electron chi connectivity index (χ3n) is 3.74. The number of benzene rings is 1. The van der Waals surface area contributed by atoms with Gasteiger partial charge >= 0.3 is 0 Å². The Kier molecular flexibility index (Phi) is 7.42. The van der Waals surface area contributed by atoms with Crippen LogP contribution in [0.4, 0.5) is 0 Å². The van der Waals surface area contributed by atoms with Crippen LogP contribution >= 0.6 is 12.4 Å². The topological polar surface area (TPSA) is 56.3 Å². The number of halogens is 1. The number of aromatic hydroxyl groups is 1. The summed E-state index contributed by atoms with van der Waals surface area (Å²) in [5, 5.41) is 10.8. The van der Waals surface area contributed by atoms with Gasteiger partial charge in [0.05, 0.1) is 5.52 Å². The number of hydrogen-bond donors (Lipinski definition) is 2. The molecule has 4 nitrogen and oxygen atoms in total. The number of hydrogen-bond acceptors (Lipinski definition) is 3. The molecule has 0 bridgehead atoms. The van der Waals surface area contributed by atoms with Gasteiger partial charge in [0.2, 0.25) is 5.56 Å². The molecule has 2 aromatic rings. The zero-order valence-electron chi connectivity index (χ0n) is 13.3. The molecule has 0 aliphatic heterocycles. The second kappa shape index (κ2) is 8.81. The first-order chi connectivity index (χ1) is 10.2. The Labute approximate surface area is 137 Å². The lowest BCUT2D eigenvalue weighted by molar-refractivity contribution is 0.278. The third kappa shape index (κ3) is 4.49. The van der Waals surface area contributed by atoms with Gasteiger partial charge in [0.1, 0.15) is 5.75 Å². The molecule has 0 radical (unpaired) electrons. The second-order valence-electron chi connectivity index (χ2n) is 5.45. The van der Waals surface area contributed by atoms with Crippen molar-refractivity contribution in [2.75, 3.05) is 19.6 Å². The van der Waals surface area contributed by atoms with E-state index in [4.69, 9.17) is 0 Å². The molecule has 2 rings (SSSR count). The number of H-pyrrole nitrogens is 1. The van der Waals surface area contributed by atoms with Gasteiger partial charge in [-0.15, -0.1) is 12.4 Å². The SMILES string of the molecule is CCCN(CCC)CCc1ccc(O)c2[nH]c(=O)ccc12.Cl. The molecule has 2 N–H and O–H groups in total. The van der Waals surface area contributed by atoms with Crippen molar-refractivity contribution in [1.82, 2.24) is 9.88 Å². The largest absolute Gasteiger partial charge is 0.506 e. The first kappa shape index (κ1) is 18.5. The highest BCUT2D eigenvalue weighted by molar-refractivity contribution is 5.87. The molecule has 0 fully saturated rings. The van der Waals surface area contributed by atoms with Gasteiger partial charge in [-0.25, -0.2) is 0 Å². The van der Waals surface area contributed by atoms with Gasteiger partial charge in [-0.2, -0.15) is 0 Å². The lowest BCUT2D eigenvalue weighted by Crippen LogP contribution is -2.27. The van der Waals surface area contributed by atoms with Crippen LogP contribution in [0.5, 0.6) is 5.75 Å². The Bertz CT molecular complexity index is 649. The number of phenolic OH excluding ortho intramolecular Hbond substituents is 1. The minimum absolute atomic E-state index is 0. The summed E-state index contributed by atoms with van der Waals surface area (Å²) in [6, 6.07) is 6.93. The van der Waals surface area contributed by atoms with Crippen molar-refractivity contribution in [3.05, 3.63) is 40.2 Å². The lowest BCUT2D eigenvalue weighted by Gasteiger charge is -2.21. The number of nitrogens with zero attached hydrogens (tertiary/aromatic N) is 1. The Morgan fingerprint density at radius 2 is 1.73 bits per heavy atom. The summed E-state index contributed by atoms with van der Waals surface area (Å²) in [7, 11) is 0. The maximum absolute atomic E-state index is 11.4. The van der Waals surface area contributed by atoms with Gasteiger partial charge in [0.15, 0.2) is 0 Å². The van der Waals surface area contributed by atoms with Gasteiger partial charge < -0.3 is 15.0 Å². The molecular formula is C17H25ClN2O2. The lowest BCUT2D eigenvalue weighted by atomic mass is 10.0. The van der Waals surface area contributed by atoms with Gasteiger partial charge in [0.25, 0.3) is 0 Å². The number of aromatic amines is 1. The van der Waals surface area contributed by atoms with Crippen molar-refractivity contribution < 1.29 is 5.11 Å². The molecular weight excluding hydrogens is 300 g/mol. The summed E-state index contributed by atoms with van der Waals surface area (Å²) in [5.41, 5.74) is 1.52. The number of nitrogens with one attached hydrogen (secondary N) is 1. The number of pyridine rings is 1. The van der Waals surface area contributed by atoms with Gasteiger partial charge in [-0.1, -0.05) is 19.9 Å². The number of aromatic nitrogens is 1. The van der Waals surface area contributed by atoms with Gasteiger partial charge in [-0.3, -0.25) is 4.79 Å². The van der Waals surface area contributed by atoms with Crippen molar-refractivity contribution >= 4 is 23.3 Å². The molecule has 0 saturated carbocycles. The number of phenols is 1. The fraction of sp³-hybridized carbons (Fsp3) is 0.471. The van der Waals surface area contributed by atoms with Crippen molar-refractivity contribution in [3.63, 3.8) is 0 Å². The maximum atomic E-state index is 11.4. The van der Waals surface area contributed by atoms with Crippen molar-refractivity contribution in [1.29, 1.82) is 0 Å². The molecule has 5 heteroatoms. The molecule has 0 atom stereocenters. The van der Waals surface area contributed by atoms with Crippen LogP contribution in [0.25, 0.3) is 10.9 Å². The minimum atomic E-state index is -0.187. The van der Waals surface area contributed by atoms with Crippen molar-refractivity contribution in [2.24, 2.45) is 0 Å². The van der Waals surface area contributed by atoms with Crippen LogP contribution < -0.4 is 5.56 Å². The zero-order valence-corrected chi connectivity index (χ0v) is 14.1. The van der Waals surface area contributed by atoms with E-state index in [1.807, 2.05) is 6.07 Å². The van der Waals surface area contributed by atoms with Crippen LogP contribution in [-0.2, 0) is 6.42 Å². The Morgan fingerprint density at radius 1 is 1.05 bits per heavy atom. The summed E-state index contributed by atoms with van der Waals surface area (Å²) < 4.78 is 0. The predicted molar refractivity (Wildman–Crippen MR) is 94.2 cm³/mol. The minimum Gasteiger partial charge on any atom is -0.506 e. The summed E-state index contributed by atoms with van der Waals surface area (Å²) in [6.07, 6.45) is 3.23. The zero-order chi connectivity index (χ0) is 15.2. The molecule has 0 aliphatic carbocycles. The van der Waals surface area contributed by atoms with E-state index in [2.05, 4.69) is 23.7 Å². The van der Waals surface area contributed by atoms with Crippen LogP contribution in [0, 0.1) is 0 Å². The molecule has 22 heavy (non-hydrogen) atoms. The van der Waals surface area contributed by atoms with E-state index in [0.717, 1.165) is 49.8 Å². The van der Waals surface area contributed by atoms with E-state index in [1.165, 1.54) is 6.07 Å². The standard InChI is InChI=1S/C17H24N2O2.ClH/c1-3-10-19(11-4-2)12-9-13-5-7-15(20)17-14(13)6-8-16(21)18-17;/h5-8,20H,3-4,9-12H2,1-2H3,(H,18,21);1H. The Hall–Kier alpha value is -1.52. The molecule has 0 spiro atoms. The van der Waals surface area contributed by atoms with Crippen LogP contribution in [-0.4, -0.2) is 34.6 Å². The van der Waals surface area contributed by atoms with Crippen LogP contribution in [0.15, 0.2) is 29.1 Å². The molecule has 1 heterocycles. The van der Waals surface area contributed by atoms with Gasteiger partial charge in [0, 0.05) is 18.0 Å². The maximum Gasteiger partial charge on any atom is 0.248 e. The van der Waals surface area contributed by atoms with E-state index >= 15 is 0 Å². The molecule has 0 unspecified atom stereocenters. The van der Waals surface area contributed by atoms with E-state index in [-0.39, 0.29) is 23.7 Å². The number of rotatable bonds is 7. The average Bonchev–Trinajstić information content (AvgIpc) is 2.47. The molecule has 0 amide bonds. The first-order valence-electron chi connectivity index (χ1n) is 7.72. The normalized spacial score (nSPS) is 10.9. The van der Waals surface area contributed by atoms with Crippen LogP contribution in [0.1, 0.15) is 32.3 Å². The number of fused-ring (bicyclic) bond motifs is 1. The van der Waals surface area contributed by atoms with E-state index in [0.29, 0.717) is 5.52 Å². The van der Waals surface area contributed by atoms with E-state index in [9.17, 15) is 9.90 Å². The average molecular weight is 325 g/mol. The fourth-order valence-corrected chi connectivity index (χ4v) is 2.76. The fourth-order valence-electron chi connectivity index (χ4n) is 2.76. The summed E-state index contributed by atoms with van der Waals surface area (Å²) in [4.78, 5) is 16.6. The third-order valence-corrected chi connectivity index (χ3v) is 3.74. The van der Waals surface area contributed by atoms with Gasteiger partial charge in [-0.05, 0) is 50.0 Å². The molecule has 1 aromatic heterocycles. The predicted octanol–water partition coefficient (Wildman–Crippen LogP) is 3.32. The summed E-state index contributed by atoms with van der Waals surface area (Å²) in [6.45, 7) is 7.62.